The summed E-state index contributed by atoms with van der Waals surface area (Å²) in [7, 11) is 0. The summed E-state index contributed by atoms with van der Waals surface area (Å²) in [5, 5.41) is 8.23. The molecular weight excluding hydrogens is 228 g/mol. The van der Waals surface area contributed by atoms with Crippen LogP contribution in [0.5, 0.6) is 0 Å². The zero-order valence-corrected chi connectivity index (χ0v) is 7.70. The molecule has 0 aromatic carbocycles. The Labute approximate surface area is 77.3 Å². The van der Waals surface area contributed by atoms with Crippen LogP contribution in [-0.4, -0.2) is 17.7 Å². The second-order valence-corrected chi connectivity index (χ2v) is 2.87. The van der Waals surface area contributed by atoms with Gasteiger partial charge in [0.2, 0.25) is 0 Å². The number of hydrogen-bond acceptors (Lipinski definition) is 3. The Bertz CT molecular complexity index is 268. The quantitative estimate of drug-likeness (QED) is 0.861. The molecular formula is C7H7BrO4. The summed E-state index contributed by atoms with van der Waals surface area (Å²) in [4.78, 5) is 10.0. The van der Waals surface area contributed by atoms with Crippen molar-refractivity contribution in [3.05, 3.63) is 22.6 Å². The predicted octanol–water partition coefficient (Wildman–Crippen LogP) is 1.64. The Hall–Kier alpha value is -0.810. The zero-order chi connectivity index (χ0) is 8.97. The smallest absolute Gasteiger partial charge is 0.329 e. The first-order valence-electron chi connectivity index (χ1n) is 3.22. The molecule has 0 unspecified atom stereocenters. The van der Waals surface area contributed by atoms with Gasteiger partial charge in [-0.2, -0.15) is 0 Å². The Kier molecular flexibility index (Phi) is 3.31. The summed E-state index contributed by atoms with van der Waals surface area (Å²) in [6.45, 7) is -0.129. The highest BCUT2D eigenvalue weighted by Crippen LogP contribution is 2.14. The van der Waals surface area contributed by atoms with Crippen LogP contribution in [-0.2, 0) is 16.1 Å². The molecule has 1 N–H and O–H groups in total. The SMILES string of the molecule is O=C(O)COCc1ccc(Br)o1. The molecule has 4 nitrogen and oxygen atoms in total. The zero-order valence-electron chi connectivity index (χ0n) is 6.12. The number of rotatable bonds is 4. The highest BCUT2D eigenvalue weighted by atomic mass is 79.9. The van der Waals surface area contributed by atoms with E-state index < -0.39 is 5.97 Å². The maximum absolute atomic E-state index is 10.0. The van der Waals surface area contributed by atoms with Crippen molar-refractivity contribution >= 4 is 21.9 Å². The number of ether oxygens (including phenoxy) is 1. The summed E-state index contributed by atoms with van der Waals surface area (Å²) in [6, 6.07) is 3.44. The van der Waals surface area contributed by atoms with Crippen molar-refractivity contribution in [2.45, 2.75) is 6.61 Å². The lowest BCUT2D eigenvalue weighted by Crippen LogP contribution is -2.06. The first-order chi connectivity index (χ1) is 5.68. The maximum atomic E-state index is 10.0. The van der Waals surface area contributed by atoms with E-state index in [-0.39, 0.29) is 13.2 Å². The molecule has 0 atom stereocenters. The standard InChI is InChI=1S/C7H7BrO4/c8-6-2-1-5(12-6)3-11-4-7(9)10/h1-2H,3-4H2,(H,9,10). The largest absolute Gasteiger partial charge is 0.480 e. The van der Waals surface area contributed by atoms with Crippen LogP contribution < -0.4 is 0 Å². The molecule has 66 valence electrons. The van der Waals surface area contributed by atoms with Crippen LogP contribution >= 0.6 is 15.9 Å². The number of carboxylic acid groups (broad SMARTS) is 1. The van der Waals surface area contributed by atoms with E-state index >= 15 is 0 Å². The number of furan rings is 1. The van der Waals surface area contributed by atoms with Gasteiger partial charge in [0.15, 0.2) is 4.67 Å². The first-order valence-corrected chi connectivity index (χ1v) is 4.01. The van der Waals surface area contributed by atoms with Gasteiger partial charge in [-0.05, 0) is 28.1 Å². The molecule has 0 bridgehead atoms. The van der Waals surface area contributed by atoms with Crippen LogP contribution in [0, 0.1) is 0 Å². The lowest BCUT2D eigenvalue weighted by atomic mass is 10.5. The van der Waals surface area contributed by atoms with Crippen molar-refractivity contribution < 1.29 is 19.1 Å². The molecule has 0 fully saturated rings. The molecule has 0 aliphatic heterocycles. The van der Waals surface area contributed by atoms with Crippen LogP contribution in [0.2, 0.25) is 0 Å². The summed E-state index contributed by atoms with van der Waals surface area (Å²) in [6.07, 6.45) is 0. The highest BCUT2D eigenvalue weighted by Gasteiger charge is 2.01. The second-order valence-electron chi connectivity index (χ2n) is 2.09. The average molecular weight is 235 g/mol. The van der Waals surface area contributed by atoms with E-state index in [9.17, 15) is 4.79 Å². The Morgan fingerprint density at radius 2 is 2.42 bits per heavy atom. The Morgan fingerprint density at radius 1 is 1.67 bits per heavy atom. The van der Waals surface area contributed by atoms with Crippen molar-refractivity contribution in [1.29, 1.82) is 0 Å². The number of halogens is 1. The minimum absolute atomic E-state index is 0.178. The lowest BCUT2D eigenvalue weighted by molar-refractivity contribution is -0.142. The van der Waals surface area contributed by atoms with Gasteiger partial charge in [-0.3, -0.25) is 0 Å². The second kappa shape index (κ2) is 4.27. The number of aliphatic carboxylic acids is 1. The van der Waals surface area contributed by atoms with E-state index in [1.807, 2.05) is 0 Å². The van der Waals surface area contributed by atoms with Gasteiger partial charge < -0.3 is 14.3 Å². The maximum Gasteiger partial charge on any atom is 0.329 e. The normalized spacial score (nSPS) is 10.1. The van der Waals surface area contributed by atoms with Gasteiger partial charge >= 0.3 is 5.97 Å². The Morgan fingerprint density at radius 3 is 2.92 bits per heavy atom. The molecule has 5 heteroatoms. The van der Waals surface area contributed by atoms with Gasteiger partial charge in [0.1, 0.15) is 19.0 Å². The van der Waals surface area contributed by atoms with Crippen molar-refractivity contribution in [2.24, 2.45) is 0 Å². The van der Waals surface area contributed by atoms with Crippen LogP contribution in [0.3, 0.4) is 0 Å². The average Bonchev–Trinajstić information content (AvgIpc) is 2.35. The predicted molar refractivity (Wildman–Crippen MR) is 43.7 cm³/mol. The summed E-state index contributed by atoms with van der Waals surface area (Å²) in [5.74, 6) is -0.385. The minimum Gasteiger partial charge on any atom is -0.480 e. The van der Waals surface area contributed by atoms with Gasteiger partial charge in [-0.25, -0.2) is 4.79 Å². The number of carbonyl (C=O) groups is 1. The summed E-state index contributed by atoms with van der Waals surface area (Å²) < 4.78 is 10.5. The van der Waals surface area contributed by atoms with Gasteiger partial charge in [-0.1, -0.05) is 0 Å². The Balaban J connectivity index is 2.29. The molecule has 1 aromatic heterocycles. The molecule has 0 aliphatic rings. The fourth-order valence-electron chi connectivity index (χ4n) is 0.668. The monoisotopic (exact) mass is 234 g/mol. The van der Waals surface area contributed by atoms with E-state index in [1.54, 1.807) is 12.1 Å². The van der Waals surface area contributed by atoms with E-state index in [0.717, 1.165) is 0 Å². The van der Waals surface area contributed by atoms with E-state index in [0.29, 0.717) is 10.4 Å². The van der Waals surface area contributed by atoms with E-state index in [2.05, 4.69) is 15.9 Å². The van der Waals surface area contributed by atoms with Crippen LogP contribution in [0.1, 0.15) is 5.76 Å². The van der Waals surface area contributed by atoms with Crippen molar-refractivity contribution in [2.75, 3.05) is 6.61 Å². The van der Waals surface area contributed by atoms with Crippen molar-refractivity contribution in [1.82, 2.24) is 0 Å². The van der Waals surface area contributed by atoms with Crippen LogP contribution in [0.25, 0.3) is 0 Å². The first kappa shape index (κ1) is 9.28. The highest BCUT2D eigenvalue weighted by molar-refractivity contribution is 9.10. The fraction of sp³-hybridized carbons (Fsp3) is 0.286. The third kappa shape index (κ3) is 3.06. The third-order valence-corrected chi connectivity index (χ3v) is 1.52. The van der Waals surface area contributed by atoms with Gasteiger partial charge in [0.25, 0.3) is 0 Å². The minimum atomic E-state index is -0.986. The number of hydrogen-bond donors (Lipinski definition) is 1. The number of carboxylic acids is 1. The molecule has 1 aromatic rings. The van der Waals surface area contributed by atoms with Crippen LogP contribution in [0.4, 0.5) is 0 Å². The molecule has 0 saturated carbocycles. The summed E-state index contributed by atoms with van der Waals surface area (Å²) in [5.41, 5.74) is 0. The van der Waals surface area contributed by atoms with Crippen molar-refractivity contribution in [3.8, 4) is 0 Å². The molecule has 12 heavy (non-hydrogen) atoms. The molecule has 0 spiro atoms. The topological polar surface area (TPSA) is 59.7 Å². The van der Waals surface area contributed by atoms with E-state index in [1.165, 1.54) is 0 Å². The van der Waals surface area contributed by atoms with Gasteiger partial charge in [-0.15, -0.1) is 0 Å². The molecule has 0 amide bonds. The van der Waals surface area contributed by atoms with Crippen LogP contribution in [0.15, 0.2) is 21.2 Å². The third-order valence-electron chi connectivity index (χ3n) is 1.10. The molecule has 0 saturated heterocycles. The van der Waals surface area contributed by atoms with Crippen molar-refractivity contribution in [3.63, 3.8) is 0 Å². The molecule has 0 aliphatic carbocycles. The van der Waals surface area contributed by atoms with Gasteiger partial charge in [0, 0.05) is 0 Å². The summed E-state index contributed by atoms with van der Waals surface area (Å²) >= 11 is 3.11. The van der Waals surface area contributed by atoms with Gasteiger partial charge in [0.05, 0.1) is 0 Å². The fourth-order valence-corrected chi connectivity index (χ4v) is 1.01. The van der Waals surface area contributed by atoms with E-state index in [4.69, 9.17) is 14.3 Å². The molecule has 1 heterocycles. The molecule has 1 rings (SSSR count). The lowest BCUT2D eigenvalue weighted by Gasteiger charge is -1.96. The molecule has 0 radical (unpaired) electrons.